The molecular weight excluding hydrogens is 331 g/mol. The van der Waals surface area contributed by atoms with Gasteiger partial charge in [0.1, 0.15) is 22.9 Å². The molecule has 2 aromatic rings. The van der Waals surface area contributed by atoms with Crippen molar-refractivity contribution in [1.82, 2.24) is 5.32 Å². The number of halogens is 3. The number of aliphatic carboxylic acids is 1. The van der Waals surface area contributed by atoms with Gasteiger partial charge in [0.25, 0.3) is 0 Å². The summed E-state index contributed by atoms with van der Waals surface area (Å²) in [4.78, 5) is 10.9. The molecule has 2 atom stereocenters. The summed E-state index contributed by atoms with van der Waals surface area (Å²) in [6, 6.07) is 7.45. The van der Waals surface area contributed by atoms with Gasteiger partial charge in [0.2, 0.25) is 0 Å². The molecule has 23 heavy (non-hydrogen) atoms. The first-order valence-corrected chi connectivity index (χ1v) is 7.77. The number of furan rings is 1. The summed E-state index contributed by atoms with van der Waals surface area (Å²) in [5, 5.41) is 11.5. The summed E-state index contributed by atoms with van der Waals surface area (Å²) in [5.41, 5.74) is -0.420. The Kier molecular flexibility index (Phi) is 4.11. The van der Waals surface area contributed by atoms with E-state index in [1.807, 2.05) is 0 Å². The number of thioether (sulfide) groups is 1. The SMILES string of the molecule is O=C(O)C1CSC(c2ccc(-c3cccc(C(F)(F)F)c3)o2)N1. The van der Waals surface area contributed by atoms with E-state index in [2.05, 4.69) is 5.32 Å². The van der Waals surface area contributed by atoms with E-state index in [0.717, 1.165) is 12.1 Å². The van der Waals surface area contributed by atoms with Gasteiger partial charge in [-0.15, -0.1) is 11.8 Å². The molecule has 122 valence electrons. The fourth-order valence-electron chi connectivity index (χ4n) is 2.28. The number of nitrogens with one attached hydrogen (secondary N) is 1. The van der Waals surface area contributed by atoms with Crippen LogP contribution in [0, 0.1) is 0 Å². The zero-order chi connectivity index (χ0) is 16.6. The van der Waals surface area contributed by atoms with Crippen LogP contribution in [0.3, 0.4) is 0 Å². The van der Waals surface area contributed by atoms with Gasteiger partial charge >= 0.3 is 12.1 Å². The van der Waals surface area contributed by atoms with Crippen molar-refractivity contribution in [3.05, 3.63) is 47.7 Å². The van der Waals surface area contributed by atoms with Gasteiger partial charge in [0, 0.05) is 11.3 Å². The molecule has 0 amide bonds. The maximum atomic E-state index is 12.8. The third kappa shape index (κ3) is 3.37. The Morgan fingerprint density at radius 1 is 1.30 bits per heavy atom. The van der Waals surface area contributed by atoms with Crippen molar-refractivity contribution in [3.63, 3.8) is 0 Å². The molecule has 2 heterocycles. The Morgan fingerprint density at radius 2 is 2.09 bits per heavy atom. The summed E-state index contributed by atoms with van der Waals surface area (Å²) in [6.45, 7) is 0. The fraction of sp³-hybridized carbons (Fsp3) is 0.267. The van der Waals surface area contributed by atoms with E-state index < -0.39 is 23.8 Å². The van der Waals surface area contributed by atoms with Gasteiger partial charge in [-0.2, -0.15) is 13.2 Å². The zero-order valence-corrected chi connectivity index (χ0v) is 12.4. The lowest BCUT2D eigenvalue weighted by molar-refractivity contribution is -0.139. The lowest BCUT2D eigenvalue weighted by Crippen LogP contribution is -2.33. The summed E-state index contributed by atoms with van der Waals surface area (Å²) < 4.78 is 43.9. The third-order valence-electron chi connectivity index (χ3n) is 3.44. The normalized spacial score (nSPS) is 21.5. The first-order chi connectivity index (χ1) is 10.8. The molecule has 0 spiro atoms. The number of carboxylic acids is 1. The minimum Gasteiger partial charge on any atom is -0.480 e. The second kappa shape index (κ2) is 5.93. The first-order valence-electron chi connectivity index (χ1n) is 6.72. The zero-order valence-electron chi connectivity index (χ0n) is 11.6. The minimum absolute atomic E-state index is 0.312. The van der Waals surface area contributed by atoms with E-state index >= 15 is 0 Å². The van der Waals surface area contributed by atoms with Crippen LogP contribution in [0.5, 0.6) is 0 Å². The van der Waals surface area contributed by atoms with Crippen LogP contribution in [-0.2, 0) is 11.0 Å². The predicted octanol–water partition coefficient (Wildman–Crippen LogP) is 3.75. The molecule has 1 aromatic carbocycles. The van der Waals surface area contributed by atoms with E-state index in [0.29, 0.717) is 22.8 Å². The first kappa shape index (κ1) is 15.9. The van der Waals surface area contributed by atoms with E-state index in [1.54, 1.807) is 12.1 Å². The highest BCUT2D eigenvalue weighted by Gasteiger charge is 2.33. The summed E-state index contributed by atoms with van der Waals surface area (Å²) in [6.07, 6.45) is -4.41. The summed E-state index contributed by atoms with van der Waals surface area (Å²) in [7, 11) is 0. The van der Waals surface area contributed by atoms with Gasteiger partial charge in [-0.25, -0.2) is 0 Å². The summed E-state index contributed by atoms with van der Waals surface area (Å²) >= 11 is 1.38. The van der Waals surface area contributed by atoms with Gasteiger partial charge in [0.05, 0.1) is 5.56 Å². The molecule has 0 radical (unpaired) electrons. The van der Waals surface area contributed by atoms with E-state index in [-0.39, 0.29) is 5.37 Å². The molecule has 1 saturated heterocycles. The number of hydrogen-bond donors (Lipinski definition) is 2. The molecule has 4 nitrogen and oxygen atoms in total. The van der Waals surface area contributed by atoms with E-state index in [1.165, 1.54) is 23.9 Å². The molecule has 8 heteroatoms. The van der Waals surface area contributed by atoms with Crippen LogP contribution in [0.2, 0.25) is 0 Å². The van der Waals surface area contributed by atoms with Crippen molar-refractivity contribution in [3.8, 4) is 11.3 Å². The van der Waals surface area contributed by atoms with E-state index in [9.17, 15) is 18.0 Å². The predicted molar refractivity (Wildman–Crippen MR) is 78.9 cm³/mol. The van der Waals surface area contributed by atoms with Crippen molar-refractivity contribution in [2.45, 2.75) is 17.6 Å². The largest absolute Gasteiger partial charge is 0.480 e. The highest BCUT2D eigenvalue weighted by Crippen LogP contribution is 2.37. The minimum atomic E-state index is -4.41. The van der Waals surface area contributed by atoms with Crippen molar-refractivity contribution < 1.29 is 27.5 Å². The van der Waals surface area contributed by atoms with Crippen LogP contribution < -0.4 is 5.32 Å². The van der Waals surface area contributed by atoms with Gasteiger partial charge in [-0.3, -0.25) is 10.1 Å². The molecule has 1 fully saturated rings. The Labute approximate surface area is 133 Å². The van der Waals surface area contributed by atoms with Gasteiger partial charge in [-0.05, 0) is 24.3 Å². The molecule has 1 aromatic heterocycles. The molecule has 0 saturated carbocycles. The summed E-state index contributed by atoms with van der Waals surface area (Å²) in [5.74, 6) is 0.266. The highest BCUT2D eigenvalue weighted by molar-refractivity contribution is 7.99. The van der Waals surface area contributed by atoms with Crippen molar-refractivity contribution in [2.75, 3.05) is 5.75 Å². The second-order valence-electron chi connectivity index (χ2n) is 5.05. The Hall–Kier alpha value is -1.93. The molecular formula is C15H12F3NO3S. The number of benzene rings is 1. The number of hydrogen-bond acceptors (Lipinski definition) is 4. The second-order valence-corrected chi connectivity index (χ2v) is 6.19. The van der Waals surface area contributed by atoms with Crippen LogP contribution >= 0.6 is 11.8 Å². The number of carbonyl (C=O) groups is 1. The van der Waals surface area contributed by atoms with Crippen LogP contribution in [0.15, 0.2) is 40.8 Å². The molecule has 3 rings (SSSR count). The standard InChI is InChI=1S/C15H12F3NO3S/c16-15(17,18)9-3-1-2-8(6-9)11-4-5-12(22-11)13-19-10(7-23-13)14(20)21/h1-6,10,13,19H,7H2,(H,20,21). The van der Waals surface area contributed by atoms with Crippen LogP contribution in [-0.4, -0.2) is 22.9 Å². The number of rotatable bonds is 3. The quantitative estimate of drug-likeness (QED) is 0.889. The smallest absolute Gasteiger partial charge is 0.416 e. The Bertz CT molecular complexity index is 729. The average molecular weight is 343 g/mol. The molecule has 1 aliphatic heterocycles. The van der Waals surface area contributed by atoms with Crippen molar-refractivity contribution in [2.24, 2.45) is 0 Å². The van der Waals surface area contributed by atoms with Crippen molar-refractivity contribution in [1.29, 1.82) is 0 Å². The van der Waals surface area contributed by atoms with E-state index in [4.69, 9.17) is 9.52 Å². The molecule has 0 aliphatic carbocycles. The fourth-order valence-corrected chi connectivity index (χ4v) is 3.45. The molecule has 0 bridgehead atoms. The molecule has 2 unspecified atom stereocenters. The monoisotopic (exact) mass is 343 g/mol. The van der Waals surface area contributed by atoms with Gasteiger partial charge in [-0.1, -0.05) is 12.1 Å². The lowest BCUT2D eigenvalue weighted by atomic mass is 10.1. The Balaban J connectivity index is 1.82. The van der Waals surface area contributed by atoms with Gasteiger partial charge in [0.15, 0.2) is 0 Å². The number of alkyl halides is 3. The maximum absolute atomic E-state index is 12.8. The molecule has 1 aliphatic rings. The topological polar surface area (TPSA) is 62.5 Å². The highest BCUT2D eigenvalue weighted by atomic mass is 32.2. The lowest BCUT2D eigenvalue weighted by Gasteiger charge is -2.09. The van der Waals surface area contributed by atoms with Crippen LogP contribution in [0.4, 0.5) is 13.2 Å². The van der Waals surface area contributed by atoms with Crippen molar-refractivity contribution >= 4 is 17.7 Å². The third-order valence-corrected chi connectivity index (χ3v) is 4.67. The van der Waals surface area contributed by atoms with Crippen LogP contribution in [0.25, 0.3) is 11.3 Å². The Morgan fingerprint density at radius 3 is 2.74 bits per heavy atom. The maximum Gasteiger partial charge on any atom is 0.416 e. The van der Waals surface area contributed by atoms with Gasteiger partial charge < -0.3 is 9.52 Å². The number of carboxylic acid groups (broad SMARTS) is 1. The molecule has 2 N–H and O–H groups in total. The average Bonchev–Trinajstić information content (AvgIpc) is 3.15. The van der Waals surface area contributed by atoms with Crippen LogP contribution in [0.1, 0.15) is 16.7 Å².